The van der Waals surface area contributed by atoms with Crippen LogP contribution in [-0.2, 0) is 4.94 Å². The summed E-state index contributed by atoms with van der Waals surface area (Å²) in [5, 5.41) is 41.2. The smallest absolute Gasteiger partial charge is 0.258 e. The van der Waals surface area contributed by atoms with E-state index >= 15 is 0 Å². The molecule has 0 radical (unpaired) electrons. The minimum atomic E-state index is -0.907. The van der Waals surface area contributed by atoms with Gasteiger partial charge in [-0.25, -0.2) is 0 Å². The molecule has 0 N–H and O–H groups in total. The molecule has 9 nitrogen and oxygen atoms in total. The van der Waals surface area contributed by atoms with E-state index < -0.39 is 16.8 Å². The van der Waals surface area contributed by atoms with Crippen LogP contribution in [0.2, 0.25) is 0 Å². The third-order valence-electron chi connectivity index (χ3n) is 3.76. The average Bonchev–Trinajstić information content (AvgIpc) is 2.97. The van der Waals surface area contributed by atoms with Gasteiger partial charge in [0.25, 0.3) is 5.71 Å². The summed E-state index contributed by atoms with van der Waals surface area (Å²) in [7, 11) is 0. The van der Waals surface area contributed by atoms with Gasteiger partial charge in [-0.3, -0.25) is 15.3 Å². The Morgan fingerprint density at radius 2 is 2.04 bits per heavy atom. The first-order valence-electron chi connectivity index (χ1n) is 6.76. The Labute approximate surface area is 135 Å². The number of hydrogen-bond donors (Lipinski definition) is 0. The molecule has 0 bridgehead atoms. The van der Waals surface area contributed by atoms with Crippen molar-refractivity contribution in [1.29, 1.82) is 10.5 Å². The van der Waals surface area contributed by atoms with Crippen LogP contribution in [0.3, 0.4) is 0 Å². The number of fused-ring (bicyclic) bond motifs is 1. The first-order chi connectivity index (χ1) is 11.6. The normalized spacial score (nSPS) is 19.7. The molecule has 0 fully saturated rings. The minimum absolute atomic E-state index is 0.0746. The summed E-state index contributed by atoms with van der Waals surface area (Å²) in [6, 6.07) is 10.2. The Morgan fingerprint density at radius 1 is 1.33 bits per heavy atom. The summed E-state index contributed by atoms with van der Waals surface area (Å²) in [5.74, 6) is -1.78. The van der Waals surface area contributed by atoms with E-state index in [-0.39, 0.29) is 22.0 Å². The van der Waals surface area contributed by atoms with Gasteiger partial charge < -0.3 is 10.4 Å². The SMILES string of the molecule is N#Cc1ccc(C(C#N)C2C=CC3=[N+]([O-])O[N-]C3=C2[N+](=O)[O-])cc1. The summed E-state index contributed by atoms with van der Waals surface area (Å²) in [6.45, 7) is 0. The number of rotatable bonds is 3. The minimum Gasteiger partial charge on any atom is -0.567 e. The van der Waals surface area contributed by atoms with Gasteiger partial charge in [-0.1, -0.05) is 18.2 Å². The number of benzene rings is 1. The van der Waals surface area contributed by atoms with Crippen molar-refractivity contribution in [3.8, 4) is 12.1 Å². The Kier molecular flexibility index (Phi) is 3.60. The lowest BCUT2D eigenvalue weighted by Crippen LogP contribution is -2.24. The molecule has 1 aliphatic carbocycles. The second-order valence-corrected chi connectivity index (χ2v) is 5.03. The van der Waals surface area contributed by atoms with Crippen LogP contribution in [0.4, 0.5) is 0 Å². The highest BCUT2D eigenvalue weighted by molar-refractivity contribution is 6.08. The molecular formula is C15H8N5O4-. The molecule has 0 saturated heterocycles. The fourth-order valence-electron chi connectivity index (χ4n) is 2.62. The van der Waals surface area contributed by atoms with Gasteiger partial charge in [0, 0.05) is 16.7 Å². The van der Waals surface area contributed by atoms with Crippen LogP contribution in [0.25, 0.3) is 5.48 Å². The van der Waals surface area contributed by atoms with Gasteiger partial charge in [-0.05, 0) is 17.7 Å². The van der Waals surface area contributed by atoms with E-state index in [0.717, 1.165) is 0 Å². The lowest BCUT2D eigenvalue weighted by atomic mass is 9.81. The van der Waals surface area contributed by atoms with Crippen molar-refractivity contribution in [2.75, 3.05) is 0 Å². The highest BCUT2D eigenvalue weighted by atomic mass is 16.9. The van der Waals surface area contributed by atoms with E-state index in [4.69, 9.17) is 5.26 Å². The molecular weight excluding hydrogens is 314 g/mol. The summed E-state index contributed by atoms with van der Waals surface area (Å²) < 4.78 is 0. The van der Waals surface area contributed by atoms with E-state index in [9.17, 15) is 20.6 Å². The van der Waals surface area contributed by atoms with Crippen molar-refractivity contribution in [2.45, 2.75) is 5.92 Å². The Morgan fingerprint density at radius 3 is 2.62 bits per heavy atom. The largest absolute Gasteiger partial charge is 0.567 e. The van der Waals surface area contributed by atoms with Gasteiger partial charge in [0.2, 0.25) is 5.70 Å². The number of hydrogen-bond acceptors (Lipinski definition) is 6. The molecule has 0 saturated carbocycles. The van der Waals surface area contributed by atoms with Crippen molar-refractivity contribution in [3.63, 3.8) is 0 Å². The molecule has 2 aliphatic rings. The van der Waals surface area contributed by atoms with Gasteiger partial charge >= 0.3 is 0 Å². The van der Waals surface area contributed by atoms with Crippen LogP contribution < -0.4 is 0 Å². The van der Waals surface area contributed by atoms with Gasteiger partial charge in [-0.2, -0.15) is 10.5 Å². The zero-order valence-corrected chi connectivity index (χ0v) is 12.0. The molecule has 1 aromatic carbocycles. The lowest BCUT2D eigenvalue weighted by Gasteiger charge is -2.23. The van der Waals surface area contributed by atoms with Crippen LogP contribution in [0.15, 0.2) is 47.8 Å². The van der Waals surface area contributed by atoms with Crippen molar-refractivity contribution in [3.05, 3.63) is 79.7 Å². The first kappa shape index (κ1) is 15.1. The number of nitro groups is 1. The first-order valence-corrected chi connectivity index (χ1v) is 6.76. The Balaban J connectivity index is 2.06. The standard InChI is InChI=1S/C15H8N5O4/c16-7-9-1-3-10(4-2-9)12(8-17)11-5-6-13-14(15(11)19(21)22)18-24-20(13)23/h1-6,11-12H/q-1. The molecule has 1 heterocycles. The van der Waals surface area contributed by atoms with Crippen LogP contribution in [0, 0.1) is 43.9 Å². The maximum absolute atomic E-state index is 11.5. The van der Waals surface area contributed by atoms with Gasteiger partial charge in [0.05, 0.1) is 34.5 Å². The molecule has 0 amide bonds. The Bertz CT molecular complexity index is 886. The molecule has 3 rings (SSSR count). The topological polar surface area (TPSA) is 140 Å². The zero-order chi connectivity index (χ0) is 17.3. The summed E-state index contributed by atoms with van der Waals surface area (Å²) in [6.07, 6.45) is 2.77. The van der Waals surface area contributed by atoms with E-state index in [1.807, 2.05) is 12.1 Å². The number of nitriles is 2. The molecule has 1 aromatic rings. The molecule has 0 spiro atoms. The summed E-state index contributed by atoms with van der Waals surface area (Å²) in [5.41, 5.74) is 3.74. The fourth-order valence-corrected chi connectivity index (χ4v) is 2.62. The van der Waals surface area contributed by atoms with Crippen molar-refractivity contribution < 1.29 is 14.8 Å². The summed E-state index contributed by atoms with van der Waals surface area (Å²) in [4.78, 5) is 15.3. The molecule has 118 valence electrons. The Hall–Kier alpha value is -3.85. The van der Waals surface area contributed by atoms with Crippen LogP contribution in [-0.4, -0.2) is 15.5 Å². The van der Waals surface area contributed by atoms with Gasteiger partial charge in [0.1, 0.15) is 0 Å². The van der Waals surface area contributed by atoms with Crippen molar-refractivity contribution in [2.24, 2.45) is 5.92 Å². The van der Waals surface area contributed by atoms with Gasteiger partial charge in [-0.15, -0.1) is 0 Å². The maximum atomic E-state index is 11.5. The quantitative estimate of drug-likeness (QED) is 0.473. The maximum Gasteiger partial charge on any atom is 0.258 e. The number of nitrogens with zero attached hydrogens (tertiary/aromatic N) is 5. The fraction of sp³-hybridized carbons (Fsp3) is 0.133. The van der Waals surface area contributed by atoms with Crippen molar-refractivity contribution >= 4 is 5.71 Å². The second kappa shape index (κ2) is 5.74. The predicted molar refractivity (Wildman–Crippen MR) is 79.2 cm³/mol. The van der Waals surface area contributed by atoms with Crippen molar-refractivity contribution in [1.82, 2.24) is 0 Å². The molecule has 24 heavy (non-hydrogen) atoms. The monoisotopic (exact) mass is 322 g/mol. The number of hydroxylamine groups is 1. The van der Waals surface area contributed by atoms with Crippen LogP contribution in [0.5, 0.6) is 0 Å². The third kappa shape index (κ3) is 2.30. The average molecular weight is 322 g/mol. The van der Waals surface area contributed by atoms with E-state index in [1.165, 1.54) is 24.3 Å². The van der Waals surface area contributed by atoms with Crippen LogP contribution in [0.1, 0.15) is 17.0 Å². The van der Waals surface area contributed by atoms with Crippen LogP contribution >= 0.6 is 0 Å². The molecule has 9 heteroatoms. The zero-order valence-electron chi connectivity index (χ0n) is 12.0. The third-order valence-corrected chi connectivity index (χ3v) is 3.76. The highest BCUT2D eigenvalue weighted by Crippen LogP contribution is 2.38. The molecule has 1 aliphatic heterocycles. The predicted octanol–water partition coefficient (Wildman–Crippen LogP) is 2.02. The summed E-state index contributed by atoms with van der Waals surface area (Å²) >= 11 is 0. The lowest BCUT2D eigenvalue weighted by molar-refractivity contribution is -0.717. The van der Waals surface area contributed by atoms with E-state index in [2.05, 4.69) is 10.4 Å². The molecule has 2 atom stereocenters. The highest BCUT2D eigenvalue weighted by Gasteiger charge is 2.39. The number of allylic oxidation sites excluding steroid dienone is 2. The van der Waals surface area contributed by atoms with E-state index in [1.54, 1.807) is 12.1 Å². The molecule has 0 aromatic heterocycles. The van der Waals surface area contributed by atoms with E-state index in [0.29, 0.717) is 11.1 Å². The second-order valence-electron chi connectivity index (χ2n) is 5.03. The molecule has 2 unspecified atom stereocenters. The van der Waals surface area contributed by atoms with Gasteiger partial charge in [0.15, 0.2) is 0 Å².